The van der Waals surface area contributed by atoms with E-state index in [1.807, 2.05) is 0 Å². The summed E-state index contributed by atoms with van der Waals surface area (Å²) in [6.45, 7) is 5.82. The molecule has 0 saturated heterocycles. The van der Waals surface area contributed by atoms with Crippen molar-refractivity contribution in [3.05, 3.63) is 28.3 Å². The van der Waals surface area contributed by atoms with Gasteiger partial charge in [0.2, 0.25) is 0 Å². The summed E-state index contributed by atoms with van der Waals surface area (Å²) in [4.78, 5) is 10.3. The van der Waals surface area contributed by atoms with Crippen LogP contribution in [0.4, 0.5) is 11.4 Å². The maximum Gasteiger partial charge on any atom is 0.311 e. The lowest BCUT2D eigenvalue weighted by Gasteiger charge is -2.18. The first kappa shape index (κ1) is 14.2. The van der Waals surface area contributed by atoms with Crippen molar-refractivity contribution < 1.29 is 14.8 Å². The van der Waals surface area contributed by atoms with Crippen molar-refractivity contribution in [3.63, 3.8) is 0 Å². The zero-order valence-electron chi connectivity index (χ0n) is 10.8. The summed E-state index contributed by atoms with van der Waals surface area (Å²) in [7, 11) is 0. The Kier molecular flexibility index (Phi) is 4.49. The van der Waals surface area contributed by atoms with E-state index in [0.29, 0.717) is 18.8 Å². The highest BCUT2D eigenvalue weighted by molar-refractivity contribution is 5.58. The molecule has 0 radical (unpaired) electrons. The Bertz CT molecular complexity index is 427. The molecule has 0 bridgehead atoms. The van der Waals surface area contributed by atoms with Crippen LogP contribution in [0.25, 0.3) is 0 Å². The van der Waals surface area contributed by atoms with Crippen LogP contribution in [0.15, 0.2) is 18.2 Å². The molecule has 1 aromatic rings. The molecule has 0 aromatic heterocycles. The fourth-order valence-corrected chi connectivity index (χ4v) is 1.36. The maximum absolute atomic E-state index is 10.8. The first-order valence-electron chi connectivity index (χ1n) is 5.71. The van der Waals surface area contributed by atoms with Gasteiger partial charge in [0.15, 0.2) is 5.75 Å². The molecule has 0 unspecified atom stereocenters. The standard InChI is InChI=1S/C12H18N2O4/c1-4-18-11-7-9(13-8-12(2,3)15)5-6-10(11)14(16)17/h5-7,13,15H,4,8H2,1-3H3. The number of rotatable bonds is 6. The molecule has 6 nitrogen and oxygen atoms in total. The van der Waals surface area contributed by atoms with Crippen LogP contribution < -0.4 is 10.1 Å². The number of anilines is 1. The van der Waals surface area contributed by atoms with Crippen LogP contribution in [-0.4, -0.2) is 28.8 Å². The number of hydrogen-bond donors (Lipinski definition) is 2. The van der Waals surface area contributed by atoms with Crippen LogP contribution in [0.1, 0.15) is 20.8 Å². The van der Waals surface area contributed by atoms with Crippen molar-refractivity contribution >= 4 is 11.4 Å². The molecule has 0 amide bonds. The maximum atomic E-state index is 10.8. The molecule has 100 valence electrons. The van der Waals surface area contributed by atoms with Gasteiger partial charge in [-0.05, 0) is 26.8 Å². The smallest absolute Gasteiger partial charge is 0.311 e. The van der Waals surface area contributed by atoms with Crippen LogP contribution in [-0.2, 0) is 0 Å². The summed E-state index contributed by atoms with van der Waals surface area (Å²) < 4.78 is 5.23. The van der Waals surface area contributed by atoms with Gasteiger partial charge in [-0.25, -0.2) is 0 Å². The van der Waals surface area contributed by atoms with E-state index in [1.165, 1.54) is 6.07 Å². The molecule has 0 atom stereocenters. The molecule has 0 aliphatic carbocycles. The van der Waals surface area contributed by atoms with Gasteiger partial charge in [-0.1, -0.05) is 0 Å². The molecule has 0 spiro atoms. The van der Waals surface area contributed by atoms with Gasteiger partial charge in [0.25, 0.3) is 0 Å². The van der Waals surface area contributed by atoms with E-state index in [1.54, 1.807) is 32.9 Å². The Morgan fingerprint density at radius 3 is 2.67 bits per heavy atom. The van der Waals surface area contributed by atoms with Gasteiger partial charge in [-0.15, -0.1) is 0 Å². The highest BCUT2D eigenvalue weighted by Crippen LogP contribution is 2.30. The van der Waals surface area contributed by atoms with Crippen molar-refractivity contribution in [3.8, 4) is 5.75 Å². The predicted molar refractivity (Wildman–Crippen MR) is 69.1 cm³/mol. The Labute approximate surface area is 106 Å². The van der Waals surface area contributed by atoms with E-state index >= 15 is 0 Å². The van der Waals surface area contributed by atoms with Gasteiger partial charge >= 0.3 is 5.69 Å². The Morgan fingerprint density at radius 1 is 1.50 bits per heavy atom. The number of nitrogens with one attached hydrogen (secondary N) is 1. The molecule has 0 aliphatic heterocycles. The van der Waals surface area contributed by atoms with E-state index < -0.39 is 10.5 Å². The number of nitro groups is 1. The quantitative estimate of drug-likeness (QED) is 0.600. The van der Waals surface area contributed by atoms with Crippen molar-refractivity contribution in [1.29, 1.82) is 0 Å². The van der Waals surface area contributed by atoms with Crippen molar-refractivity contribution in [1.82, 2.24) is 0 Å². The second-order valence-corrected chi connectivity index (χ2v) is 4.54. The van der Waals surface area contributed by atoms with Gasteiger partial charge in [0.05, 0.1) is 17.1 Å². The highest BCUT2D eigenvalue weighted by Gasteiger charge is 2.16. The molecule has 18 heavy (non-hydrogen) atoms. The second kappa shape index (κ2) is 5.68. The number of ether oxygens (including phenoxy) is 1. The second-order valence-electron chi connectivity index (χ2n) is 4.54. The van der Waals surface area contributed by atoms with Crippen molar-refractivity contribution in [2.75, 3.05) is 18.5 Å². The fourth-order valence-electron chi connectivity index (χ4n) is 1.36. The third kappa shape index (κ3) is 4.21. The molecular formula is C12H18N2O4. The Hall–Kier alpha value is -1.82. The van der Waals surface area contributed by atoms with Crippen molar-refractivity contribution in [2.45, 2.75) is 26.4 Å². The van der Waals surface area contributed by atoms with E-state index in [2.05, 4.69) is 5.32 Å². The zero-order chi connectivity index (χ0) is 13.8. The zero-order valence-corrected chi connectivity index (χ0v) is 10.8. The minimum atomic E-state index is -0.854. The van der Waals surface area contributed by atoms with Gasteiger partial charge in [-0.3, -0.25) is 10.1 Å². The number of nitrogens with zero attached hydrogens (tertiary/aromatic N) is 1. The monoisotopic (exact) mass is 254 g/mol. The summed E-state index contributed by atoms with van der Waals surface area (Å²) in [5.74, 6) is 0.225. The molecule has 0 saturated carbocycles. The predicted octanol–water partition coefficient (Wildman–Crippen LogP) is 2.18. The first-order valence-corrected chi connectivity index (χ1v) is 5.71. The molecule has 1 aromatic carbocycles. The van der Waals surface area contributed by atoms with E-state index in [0.717, 1.165) is 0 Å². The summed E-state index contributed by atoms with van der Waals surface area (Å²) in [5, 5.41) is 23.4. The molecule has 0 heterocycles. The molecule has 0 aliphatic rings. The van der Waals surface area contributed by atoms with Crippen LogP contribution in [0, 0.1) is 10.1 Å². The average Bonchev–Trinajstić information content (AvgIpc) is 2.25. The summed E-state index contributed by atoms with van der Waals surface area (Å²) in [6.07, 6.45) is 0. The summed E-state index contributed by atoms with van der Waals surface area (Å²) in [6, 6.07) is 4.54. The lowest BCUT2D eigenvalue weighted by Crippen LogP contribution is -2.29. The van der Waals surface area contributed by atoms with Crippen molar-refractivity contribution in [2.24, 2.45) is 0 Å². The molecule has 2 N–H and O–H groups in total. The average molecular weight is 254 g/mol. The minimum Gasteiger partial charge on any atom is -0.487 e. The van der Waals surface area contributed by atoms with Crippen LogP contribution in [0.5, 0.6) is 5.75 Å². The van der Waals surface area contributed by atoms with Gasteiger partial charge in [0.1, 0.15) is 0 Å². The summed E-state index contributed by atoms with van der Waals surface area (Å²) >= 11 is 0. The SMILES string of the molecule is CCOc1cc(NCC(C)(C)O)ccc1[N+](=O)[O-]. The minimum absolute atomic E-state index is 0.0642. The number of aliphatic hydroxyl groups is 1. The number of hydrogen-bond acceptors (Lipinski definition) is 5. The molecular weight excluding hydrogens is 236 g/mol. The summed E-state index contributed by atoms with van der Waals surface area (Å²) in [5.41, 5.74) is -0.245. The van der Waals surface area contributed by atoms with Gasteiger partial charge in [-0.2, -0.15) is 0 Å². The lowest BCUT2D eigenvalue weighted by molar-refractivity contribution is -0.385. The lowest BCUT2D eigenvalue weighted by atomic mass is 10.1. The fraction of sp³-hybridized carbons (Fsp3) is 0.500. The molecule has 6 heteroatoms. The van der Waals surface area contributed by atoms with Gasteiger partial charge < -0.3 is 15.2 Å². The number of benzene rings is 1. The highest BCUT2D eigenvalue weighted by atomic mass is 16.6. The molecule has 1 rings (SSSR count). The van der Waals surface area contributed by atoms with E-state index in [-0.39, 0.29) is 11.4 Å². The Morgan fingerprint density at radius 2 is 2.17 bits per heavy atom. The normalized spacial score (nSPS) is 11.1. The van der Waals surface area contributed by atoms with E-state index in [4.69, 9.17) is 4.74 Å². The van der Waals surface area contributed by atoms with Gasteiger partial charge in [0, 0.05) is 24.4 Å². The largest absolute Gasteiger partial charge is 0.487 e. The topological polar surface area (TPSA) is 84.6 Å². The van der Waals surface area contributed by atoms with Crippen LogP contribution >= 0.6 is 0 Å². The van der Waals surface area contributed by atoms with Crippen LogP contribution in [0.2, 0.25) is 0 Å². The Balaban J connectivity index is 2.89. The third-order valence-corrected chi connectivity index (χ3v) is 2.18. The van der Waals surface area contributed by atoms with E-state index in [9.17, 15) is 15.2 Å². The number of nitro benzene ring substituents is 1. The third-order valence-electron chi connectivity index (χ3n) is 2.18. The van der Waals surface area contributed by atoms with Crippen LogP contribution in [0.3, 0.4) is 0 Å². The first-order chi connectivity index (χ1) is 8.33. The molecule has 0 fully saturated rings.